The Labute approximate surface area is 109 Å². The van der Waals surface area contributed by atoms with Crippen molar-refractivity contribution in [1.29, 1.82) is 0 Å². The second-order valence-electron chi connectivity index (χ2n) is 4.55. The lowest BCUT2D eigenvalue weighted by atomic mass is 10.1. The van der Waals surface area contributed by atoms with Gasteiger partial charge in [-0.15, -0.1) is 0 Å². The molecule has 0 amide bonds. The van der Waals surface area contributed by atoms with E-state index in [9.17, 15) is 8.78 Å². The van der Waals surface area contributed by atoms with Crippen molar-refractivity contribution in [3.63, 3.8) is 0 Å². The zero-order chi connectivity index (χ0) is 12.4. The van der Waals surface area contributed by atoms with Crippen LogP contribution in [0.25, 0.3) is 0 Å². The molecule has 94 valence electrons. The van der Waals surface area contributed by atoms with E-state index in [0.29, 0.717) is 16.8 Å². The van der Waals surface area contributed by atoms with Gasteiger partial charge >= 0.3 is 0 Å². The van der Waals surface area contributed by atoms with E-state index in [2.05, 4.69) is 22.9 Å². The number of alkyl halides is 1. The molecule has 1 saturated heterocycles. The first-order valence-electron chi connectivity index (χ1n) is 5.94. The molecule has 1 aliphatic rings. The van der Waals surface area contributed by atoms with Crippen molar-refractivity contribution in [2.45, 2.75) is 25.1 Å². The van der Waals surface area contributed by atoms with Gasteiger partial charge in [-0.05, 0) is 30.0 Å². The van der Waals surface area contributed by atoms with E-state index in [1.807, 2.05) is 4.90 Å². The number of halogens is 3. The first kappa shape index (κ1) is 12.8. The van der Waals surface area contributed by atoms with Gasteiger partial charge in [0.2, 0.25) is 0 Å². The Morgan fingerprint density at radius 3 is 2.47 bits per heavy atom. The Bertz CT molecular complexity index is 385. The molecule has 0 N–H and O–H groups in total. The average molecular weight is 304 g/mol. The largest absolute Gasteiger partial charge is 0.367 e. The number of rotatable bonds is 3. The summed E-state index contributed by atoms with van der Waals surface area (Å²) in [5, 5.41) is 0.471. The molecule has 0 bridgehead atoms. The molecule has 0 radical (unpaired) electrons. The van der Waals surface area contributed by atoms with E-state index in [1.54, 1.807) is 0 Å². The van der Waals surface area contributed by atoms with Gasteiger partial charge in [0.1, 0.15) is 17.3 Å². The molecular formula is C13H16BrF2N. The number of hydrogen-bond donors (Lipinski definition) is 0. The highest BCUT2D eigenvalue weighted by Gasteiger charge is 2.25. The fourth-order valence-corrected chi connectivity index (χ4v) is 2.69. The van der Waals surface area contributed by atoms with Gasteiger partial charge in [-0.25, -0.2) is 8.78 Å². The van der Waals surface area contributed by atoms with Crippen LogP contribution in [0.1, 0.15) is 25.3 Å². The minimum Gasteiger partial charge on any atom is -0.367 e. The van der Waals surface area contributed by atoms with Gasteiger partial charge in [0.25, 0.3) is 0 Å². The third kappa shape index (κ3) is 2.62. The Morgan fingerprint density at radius 1 is 1.35 bits per heavy atom. The van der Waals surface area contributed by atoms with E-state index < -0.39 is 11.6 Å². The second kappa shape index (κ2) is 5.34. The predicted molar refractivity (Wildman–Crippen MR) is 69.6 cm³/mol. The fraction of sp³-hybridized carbons (Fsp3) is 0.538. The maximum atomic E-state index is 13.9. The molecular weight excluding hydrogens is 288 g/mol. The molecule has 1 fully saturated rings. The lowest BCUT2D eigenvalue weighted by Gasteiger charge is -2.20. The van der Waals surface area contributed by atoms with Gasteiger partial charge in [0, 0.05) is 18.4 Å². The average Bonchev–Trinajstić information content (AvgIpc) is 2.76. The third-order valence-corrected chi connectivity index (χ3v) is 4.06. The van der Waals surface area contributed by atoms with Crippen molar-refractivity contribution in [2.75, 3.05) is 18.0 Å². The highest BCUT2D eigenvalue weighted by molar-refractivity contribution is 9.08. The summed E-state index contributed by atoms with van der Waals surface area (Å²) in [6, 6.07) is 2.82. The SMILES string of the molecule is CCC1CCN(c2c(F)cc(CBr)cc2F)C1. The fourth-order valence-electron chi connectivity index (χ4n) is 2.37. The van der Waals surface area contributed by atoms with Crippen molar-refractivity contribution in [3.8, 4) is 0 Å². The number of hydrogen-bond acceptors (Lipinski definition) is 1. The van der Waals surface area contributed by atoms with Crippen LogP contribution in [-0.2, 0) is 5.33 Å². The first-order valence-corrected chi connectivity index (χ1v) is 7.06. The van der Waals surface area contributed by atoms with Crippen LogP contribution in [0, 0.1) is 17.6 Å². The molecule has 0 aliphatic carbocycles. The molecule has 1 nitrogen and oxygen atoms in total. The van der Waals surface area contributed by atoms with Crippen molar-refractivity contribution < 1.29 is 8.78 Å². The molecule has 0 aromatic heterocycles. The summed E-state index contributed by atoms with van der Waals surface area (Å²) in [4.78, 5) is 1.83. The Morgan fingerprint density at radius 2 is 2.00 bits per heavy atom. The highest BCUT2D eigenvalue weighted by atomic mass is 79.9. The van der Waals surface area contributed by atoms with Crippen LogP contribution in [0.4, 0.5) is 14.5 Å². The lowest BCUT2D eigenvalue weighted by Crippen LogP contribution is -2.22. The quantitative estimate of drug-likeness (QED) is 0.760. The van der Waals surface area contributed by atoms with E-state index in [-0.39, 0.29) is 5.69 Å². The lowest BCUT2D eigenvalue weighted by molar-refractivity contribution is 0.557. The minimum atomic E-state index is -0.448. The number of anilines is 1. The maximum absolute atomic E-state index is 13.9. The number of benzene rings is 1. The van der Waals surface area contributed by atoms with Crippen molar-refractivity contribution >= 4 is 21.6 Å². The molecule has 1 aromatic carbocycles. The summed E-state index contributed by atoms with van der Waals surface area (Å²) in [5.74, 6) is -0.336. The van der Waals surface area contributed by atoms with Crippen LogP contribution in [-0.4, -0.2) is 13.1 Å². The molecule has 17 heavy (non-hydrogen) atoms. The zero-order valence-electron chi connectivity index (χ0n) is 9.85. The van der Waals surface area contributed by atoms with Gasteiger partial charge in [-0.1, -0.05) is 29.3 Å². The summed E-state index contributed by atoms with van der Waals surface area (Å²) in [5.41, 5.74) is 0.778. The number of nitrogens with zero attached hydrogens (tertiary/aromatic N) is 1. The summed E-state index contributed by atoms with van der Waals surface area (Å²) in [6.07, 6.45) is 2.09. The Kier molecular flexibility index (Phi) is 4.02. The van der Waals surface area contributed by atoms with Crippen LogP contribution < -0.4 is 4.90 Å². The summed E-state index contributed by atoms with van der Waals surface area (Å²) < 4.78 is 27.8. The van der Waals surface area contributed by atoms with Crippen LogP contribution in [0.2, 0.25) is 0 Å². The first-order chi connectivity index (χ1) is 8.15. The summed E-state index contributed by atoms with van der Waals surface area (Å²) >= 11 is 3.21. The predicted octanol–water partition coefficient (Wildman–Crippen LogP) is 4.10. The van der Waals surface area contributed by atoms with Gasteiger partial charge in [0.15, 0.2) is 0 Å². The van der Waals surface area contributed by atoms with Gasteiger partial charge < -0.3 is 4.90 Å². The molecule has 0 saturated carbocycles. The van der Waals surface area contributed by atoms with E-state index in [0.717, 1.165) is 25.9 Å². The molecule has 1 aliphatic heterocycles. The normalized spacial score (nSPS) is 20.0. The molecule has 2 rings (SSSR count). The highest BCUT2D eigenvalue weighted by Crippen LogP contribution is 2.31. The van der Waals surface area contributed by atoms with Gasteiger partial charge in [0.05, 0.1) is 0 Å². The van der Waals surface area contributed by atoms with E-state index >= 15 is 0 Å². The molecule has 0 spiro atoms. The Balaban J connectivity index is 2.27. The van der Waals surface area contributed by atoms with Crippen molar-refractivity contribution in [1.82, 2.24) is 0 Å². The topological polar surface area (TPSA) is 3.24 Å². The van der Waals surface area contributed by atoms with Crippen LogP contribution in [0.5, 0.6) is 0 Å². The molecule has 1 unspecified atom stereocenters. The standard InChI is InChI=1S/C13H16BrF2N/c1-2-9-3-4-17(8-9)13-11(15)5-10(7-14)6-12(13)16/h5-6,9H,2-4,7-8H2,1H3. The maximum Gasteiger partial charge on any atom is 0.149 e. The van der Waals surface area contributed by atoms with Crippen LogP contribution in [0.3, 0.4) is 0 Å². The Hall–Kier alpha value is -0.640. The zero-order valence-corrected chi connectivity index (χ0v) is 11.4. The summed E-state index contributed by atoms with van der Waals surface area (Å²) in [6.45, 7) is 3.63. The third-order valence-electron chi connectivity index (χ3n) is 3.41. The monoisotopic (exact) mass is 303 g/mol. The van der Waals surface area contributed by atoms with Crippen molar-refractivity contribution in [3.05, 3.63) is 29.3 Å². The van der Waals surface area contributed by atoms with E-state index in [4.69, 9.17) is 0 Å². The van der Waals surface area contributed by atoms with Gasteiger partial charge in [-0.2, -0.15) is 0 Å². The second-order valence-corrected chi connectivity index (χ2v) is 5.11. The van der Waals surface area contributed by atoms with Crippen LogP contribution >= 0.6 is 15.9 Å². The minimum absolute atomic E-state index is 0.144. The smallest absolute Gasteiger partial charge is 0.149 e. The van der Waals surface area contributed by atoms with Crippen molar-refractivity contribution in [2.24, 2.45) is 5.92 Å². The van der Waals surface area contributed by atoms with Crippen LogP contribution in [0.15, 0.2) is 12.1 Å². The summed E-state index contributed by atoms with van der Waals surface area (Å²) in [7, 11) is 0. The van der Waals surface area contributed by atoms with E-state index in [1.165, 1.54) is 12.1 Å². The molecule has 4 heteroatoms. The molecule has 1 heterocycles. The van der Waals surface area contributed by atoms with Gasteiger partial charge in [-0.3, -0.25) is 0 Å². The molecule has 1 aromatic rings. The molecule has 1 atom stereocenters.